The minimum Gasteiger partial charge on any atom is -0.355 e. The first-order valence-electron chi connectivity index (χ1n) is 7.42. The fourth-order valence-electron chi connectivity index (χ4n) is 2.80. The SMILES string of the molecule is CNC(=O)c1ccc(NC(=O)C2CCCCC2N)c(C)c1. The number of hydrogen-bond acceptors (Lipinski definition) is 3. The number of nitrogens with one attached hydrogen (secondary N) is 2. The van der Waals surface area contributed by atoms with Gasteiger partial charge in [-0.05, 0) is 43.5 Å². The van der Waals surface area contributed by atoms with Crippen molar-refractivity contribution in [3.63, 3.8) is 0 Å². The van der Waals surface area contributed by atoms with Crippen LogP contribution >= 0.6 is 0 Å². The Morgan fingerprint density at radius 2 is 1.95 bits per heavy atom. The van der Waals surface area contributed by atoms with Crippen LogP contribution in [-0.2, 0) is 4.79 Å². The van der Waals surface area contributed by atoms with Gasteiger partial charge in [-0.1, -0.05) is 12.8 Å². The molecule has 0 radical (unpaired) electrons. The Bertz CT molecular complexity index is 542. The minimum atomic E-state index is -0.134. The molecular formula is C16H23N3O2. The molecule has 0 heterocycles. The van der Waals surface area contributed by atoms with Crippen molar-refractivity contribution >= 4 is 17.5 Å². The summed E-state index contributed by atoms with van der Waals surface area (Å²) < 4.78 is 0. The molecule has 0 aromatic heterocycles. The zero-order valence-corrected chi connectivity index (χ0v) is 12.6. The van der Waals surface area contributed by atoms with Crippen LogP contribution in [0.25, 0.3) is 0 Å². The molecule has 21 heavy (non-hydrogen) atoms. The highest BCUT2D eigenvalue weighted by atomic mass is 16.2. The first kappa shape index (κ1) is 15.5. The monoisotopic (exact) mass is 289 g/mol. The van der Waals surface area contributed by atoms with Gasteiger partial charge >= 0.3 is 0 Å². The van der Waals surface area contributed by atoms with Gasteiger partial charge in [0.15, 0.2) is 0 Å². The molecule has 2 amide bonds. The van der Waals surface area contributed by atoms with E-state index in [1.54, 1.807) is 25.2 Å². The van der Waals surface area contributed by atoms with Crippen LogP contribution in [0.2, 0.25) is 0 Å². The zero-order chi connectivity index (χ0) is 15.4. The molecule has 1 saturated carbocycles. The molecule has 5 nitrogen and oxygen atoms in total. The van der Waals surface area contributed by atoms with Crippen molar-refractivity contribution < 1.29 is 9.59 Å². The quantitative estimate of drug-likeness (QED) is 0.793. The second-order valence-corrected chi connectivity index (χ2v) is 5.65. The second-order valence-electron chi connectivity index (χ2n) is 5.65. The van der Waals surface area contributed by atoms with E-state index in [1.807, 2.05) is 6.92 Å². The van der Waals surface area contributed by atoms with Crippen molar-refractivity contribution in [3.8, 4) is 0 Å². The van der Waals surface area contributed by atoms with Crippen LogP contribution in [-0.4, -0.2) is 24.9 Å². The van der Waals surface area contributed by atoms with Gasteiger partial charge in [-0.25, -0.2) is 0 Å². The van der Waals surface area contributed by atoms with Crippen LogP contribution in [0, 0.1) is 12.8 Å². The summed E-state index contributed by atoms with van der Waals surface area (Å²) in [6.45, 7) is 1.88. The Labute approximate surface area is 125 Å². The highest BCUT2D eigenvalue weighted by molar-refractivity contribution is 5.97. The number of nitrogens with two attached hydrogens (primary N) is 1. The lowest BCUT2D eigenvalue weighted by Crippen LogP contribution is -2.40. The summed E-state index contributed by atoms with van der Waals surface area (Å²) in [6, 6.07) is 5.20. The van der Waals surface area contributed by atoms with Gasteiger partial charge in [0.1, 0.15) is 0 Å². The third-order valence-corrected chi connectivity index (χ3v) is 4.13. The lowest BCUT2D eigenvalue weighted by Gasteiger charge is -2.27. The van der Waals surface area contributed by atoms with Crippen molar-refractivity contribution in [2.75, 3.05) is 12.4 Å². The van der Waals surface area contributed by atoms with Crippen molar-refractivity contribution in [2.24, 2.45) is 11.7 Å². The van der Waals surface area contributed by atoms with E-state index in [-0.39, 0.29) is 23.8 Å². The molecule has 1 aliphatic rings. The van der Waals surface area contributed by atoms with Crippen molar-refractivity contribution in [3.05, 3.63) is 29.3 Å². The molecule has 5 heteroatoms. The molecule has 2 unspecified atom stereocenters. The van der Waals surface area contributed by atoms with E-state index in [4.69, 9.17) is 5.73 Å². The first-order valence-corrected chi connectivity index (χ1v) is 7.42. The van der Waals surface area contributed by atoms with Crippen LogP contribution in [0.1, 0.15) is 41.6 Å². The number of carbonyl (C=O) groups is 2. The fourth-order valence-corrected chi connectivity index (χ4v) is 2.80. The number of hydrogen-bond donors (Lipinski definition) is 3. The van der Waals surface area contributed by atoms with E-state index in [0.29, 0.717) is 5.56 Å². The fraction of sp³-hybridized carbons (Fsp3) is 0.500. The van der Waals surface area contributed by atoms with Gasteiger partial charge in [0.25, 0.3) is 5.91 Å². The molecule has 0 bridgehead atoms. The van der Waals surface area contributed by atoms with E-state index in [9.17, 15) is 9.59 Å². The lowest BCUT2D eigenvalue weighted by atomic mass is 9.84. The summed E-state index contributed by atoms with van der Waals surface area (Å²) in [5.41, 5.74) is 8.24. The molecule has 1 aliphatic carbocycles. The maximum atomic E-state index is 12.3. The summed E-state index contributed by atoms with van der Waals surface area (Å²) in [5.74, 6) is -0.264. The summed E-state index contributed by atoms with van der Waals surface area (Å²) in [4.78, 5) is 23.9. The maximum absolute atomic E-state index is 12.3. The average Bonchev–Trinajstić information content (AvgIpc) is 2.48. The molecule has 114 valence electrons. The third-order valence-electron chi connectivity index (χ3n) is 4.13. The van der Waals surface area contributed by atoms with Gasteiger partial charge in [0, 0.05) is 24.3 Å². The highest BCUT2D eigenvalue weighted by Gasteiger charge is 2.28. The standard InChI is InChI=1S/C16H23N3O2/c1-10-9-11(15(20)18-2)7-8-14(10)19-16(21)12-5-3-4-6-13(12)17/h7-9,12-13H,3-6,17H2,1-2H3,(H,18,20)(H,19,21). The molecular weight excluding hydrogens is 266 g/mol. The van der Waals surface area contributed by atoms with E-state index in [2.05, 4.69) is 10.6 Å². The molecule has 1 fully saturated rings. The Hall–Kier alpha value is -1.88. The third kappa shape index (κ3) is 3.61. The number of amides is 2. The van der Waals surface area contributed by atoms with E-state index in [0.717, 1.165) is 36.9 Å². The molecule has 1 aromatic rings. The summed E-state index contributed by atoms with van der Waals surface area (Å²) in [5, 5.41) is 5.53. The number of benzene rings is 1. The molecule has 1 aromatic carbocycles. The normalized spacial score (nSPS) is 21.7. The second kappa shape index (κ2) is 6.72. The van der Waals surface area contributed by atoms with E-state index in [1.165, 1.54) is 0 Å². The topological polar surface area (TPSA) is 84.2 Å². The van der Waals surface area contributed by atoms with E-state index >= 15 is 0 Å². The molecule has 2 atom stereocenters. The minimum absolute atomic E-state index is 0.0157. The first-order chi connectivity index (χ1) is 10.0. The van der Waals surface area contributed by atoms with Gasteiger partial charge in [0.05, 0.1) is 5.92 Å². The van der Waals surface area contributed by atoms with E-state index < -0.39 is 0 Å². The van der Waals surface area contributed by atoms with Gasteiger partial charge in [0.2, 0.25) is 5.91 Å². The van der Waals surface area contributed by atoms with Gasteiger partial charge in [-0.15, -0.1) is 0 Å². The molecule has 2 rings (SSSR count). The Morgan fingerprint density at radius 1 is 1.24 bits per heavy atom. The number of anilines is 1. The Kier molecular flexibility index (Phi) is 4.96. The molecule has 0 spiro atoms. The summed E-state index contributed by atoms with van der Waals surface area (Å²) in [7, 11) is 1.60. The van der Waals surface area contributed by atoms with Crippen LogP contribution in [0.4, 0.5) is 5.69 Å². The lowest BCUT2D eigenvalue weighted by molar-refractivity contribution is -0.121. The van der Waals surface area contributed by atoms with Crippen molar-refractivity contribution in [1.82, 2.24) is 5.32 Å². The van der Waals surface area contributed by atoms with Crippen LogP contribution in [0.5, 0.6) is 0 Å². The maximum Gasteiger partial charge on any atom is 0.251 e. The van der Waals surface area contributed by atoms with Gasteiger partial charge in [-0.2, -0.15) is 0 Å². The van der Waals surface area contributed by atoms with Gasteiger partial charge in [-0.3, -0.25) is 9.59 Å². The smallest absolute Gasteiger partial charge is 0.251 e. The highest BCUT2D eigenvalue weighted by Crippen LogP contribution is 2.25. The predicted molar refractivity (Wildman–Crippen MR) is 83.1 cm³/mol. The van der Waals surface area contributed by atoms with Crippen LogP contribution in [0.3, 0.4) is 0 Å². The van der Waals surface area contributed by atoms with Gasteiger partial charge < -0.3 is 16.4 Å². The molecule has 4 N–H and O–H groups in total. The van der Waals surface area contributed by atoms with Crippen LogP contribution in [0.15, 0.2) is 18.2 Å². The van der Waals surface area contributed by atoms with Crippen LogP contribution < -0.4 is 16.4 Å². The number of rotatable bonds is 3. The summed E-state index contributed by atoms with van der Waals surface area (Å²) >= 11 is 0. The molecule has 0 saturated heterocycles. The van der Waals surface area contributed by atoms with Crippen molar-refractivity contribution in [2.45, 2.75) is 38.6 Å². The largest absolute Gasteiger partial charge is 0.355 e. The zero-order valence-electron chi connectivity index (χ0n) is 12.6. The Morgan fingerprint density at radius 3 is 2.57 bits per heavy atom. The predicted octanol–water partition coefficient (Wildman–Crippen LogP) is 1.81. The molecule has 0 aliphatic heterocycles. The Balaban J connectivity index is 2.08. The number of carbonyl (C=O) groups excluding carboxylic acids is 2. The number of aryl methyl sites for hydroxylation is 1. The van der Waals surface area contributed by atoms with Crippen molar-refractivity contribution in [1.29, 1.82) is 0 Å². The average molecular weight is 289 g/mol. The summed E-state index contributed by atoms with van der Waals surface area (Å²) in [6.07, 6.45) is 3.92.